The minimum absolute atomic E-state index is 0.329. The smallest absolute Gasteiger partial charge is 0.317 e. The third-order valence-electron chi connectivity index (χ3n) is 4.77. The fraction of sp³-hybridized carbons (Fsp3) is 0.609. The Kier molecular flexibility index (Phi) is 6.29. The summed E-state index contributed by atoms with van der Waals surface area (Å²) in [4.78, 5) is 39.1. The zero-order valence-corrected chi connectivity index (χ0v) is 18.3. The molecule has 2 rings (SSSR count). The van der Waals surface area contributed by atoms with Crippen molar-refractivity contribution in [3.63, 3.8) is 0 Å². The Labute approximate surface area is 172 Å². The molecular weight excluding hydrogens is 372 g/mol. The second-order valence-corrected chi connectivity index (χ2v) is 9.96. The van der Waals surface area contributed by atoms with Crippen LogP contribution in [0.4, 0.5) is 0 Å². The van der Waals surface area contributed by atoms with Gasteiger partial charge in [0.15, 0.2) is 5.78 Å². The van der Waals surface area contributed by atoms with Crippen LogP contribution in [0.3, 0.4) is 0 Å². The van der Waals surface area contributed by atoms with Gasteiger partial charge in [0.1, 0.15) is 17.1 Å². The summed E-state index contributed by atoms with van der Waals surface area (Å²) in [5.41, 5.74) is -2.62. The van der Waals surface area contributed by atoms with Gasteiger partial charge in [-0.3, -0.25) is 14.4 Å². The van der Waals surface area contributed by atoms with Gasteiger partial charge in [-0.2, -0.15) is 0 Å². The van der Waals surface area contributed by atoms with Crippen molar-refractivity contribution in [2.75, 3.05) is 0 Å². The van der Waals surface area contributed by atoms with E-state index in [-0.39, 0.29) is 6.42 Å². The molecular formula is C23H32O6. The summed E-state index contributed by atoms with van der Waals surface area (Å²) in [6.07, 6.45) is -0.329. The Hall–Kier alpha value is -2.21. The lowest BCUT2D eigenvalue weighted by atomic mass is 9.61. The number of carbonyl (C=O) groups excluding carboxylic acids is 3. The van der Waals surface area contributed by atoms with Gasteiger partial charge in [0.2, 0.25) is 0 Å². The van der Waals surface area contributed by atoms with Crippen molar-refractivity contribution in [2.24, 2.45) is 11.8 Å². The molecule has 1 aromatic rings. The number of ether oxygens (including phenoxy) is 2. The number of Topliss-reactive ketones (excluding diaryl/α,β-unsaturated/α-hetero) is 1. The quantitative estimate of drug-likeness (QED) is 0.613. The second kappa shape index (κ2) is 7.90. The van der Waals surface area contributed by atoms with Crippen LogP contribution in [0.5, 0.6) is 0 Å². The van der Waals surface area contributed by atoms with Gasteiger partial charge in [0.05, 0.1) is 11.5 Å². The Bertz CT molecular complexity index is 767. The van der Waals surface area contributed by atoms with E-state index in [1.165, 1.54) is 6.92 Å². The monoisotopic (exact) mass is 404 g/mol. The third-order valence-corrected chi connectivity index (χ3v) is 4.77. The first kappa shape index (κ1) is 23.1. The van der Waals surface area contributed by atoms with Crippen molar-refractivity contribution in [3.8, 4) is 0 Å². The number of ketones is 1. The number of esters is 2. The van der Waals surface area contributed by atoms with Crippen LogP contribution in [-0.2, 0) is 23.9 Å². The molecule has 6 heteroatoms. The molecule has 29 heavy (non-hydrogen) atoms. The maximum Gasteiger partial charge on any atom is 0.317 e. The van der Waals surface area contributed by atoms with Crippen LogP contribution in [0.2, 0.25) is 0 Å². The van der Waals surface area contributed by atoms with Gasteiger partial charge >= 0.3 is 11.9 Å². The Morgan fingerprint density at radius 3 is 1.93 bits per heavy atom. The number of rotatable bonds is 3. The maximum absolute atomic E-state index is 13.1. The van der Waals surface area contributed by atoms with E-state index in [0.29, 0.717) is 5.56 Å². The number of benzene rings is 1. The summed E-state index contributed by atoms with van der Waals surface area (Å²) >= 11 is 0. The van der Waals surface area contributed by atoms with Gasteiger partial charge in [-0.1, -0.05) is 30.3 Å². The highest BCUT2D eigenvalue weighted by atomic mass is 16.6. The summed E-state index contributed by atoms with van der Waals surface area (Å²) in [6.45, 7) is 11.8. The van der Waals surface area contributed by atoms with Gasteiger partial charge in [0.25, 0.3) is 0 Å². The molecule has 1 fully saturated rings. The predicted molar refractivity (Wildman–Crippen MR) is 108 cm³/mol. The van der Waals surface area contributed by atoms with E-state index in [0.717, 1.165) is 0 Å². The molecule has 0 spiro atoms. The minimum atomic E-state index is -1.65. The lowest BCUT2D eigenvalue weighted by Gasteiger charge is -2.44. The van der Waals surface area contributed by atoms with Crippen LogP contribution in [0.25, 0.3) is 0 Å². The molecule has 1 saturated carbocycles. The SMILES string of the molecule is CC(C)(C)OC(=O)[C@H]1C(=O)C[C@](C)(O)[C@H](C(=O)OC(C)(C)C)[C@@H]1c1ccccc1. The van der Waals surface area contributed by atoms with E-state index >= 15 is 0 Å². The molecule has 0 amide bonds. The average molecular weight is 405 g/mol. The van der Waals surface area contributed by atoms with E-state index in [4.69, 9.17) is 9.47 Å². The first-order valence-corrected chi connectivity index (χ1v) is 9.88. The van der Waals surface area contributed by atoms with E-state index in [2.05, 4.69) is 0 Å². The summed E-state index contributed by atoms with van der Waals surface area (Å²) in [5.74, 6) is -4.97. The molecule has 0 saturated heterocycles. The maximum atomic E-state index is 13.1. The third kappa shape index (κ3) is 5.66. The van der Waals surface area contributed by atoms with E-state index in [9.17, 15) is 19.5 Å². The van der Waals surface area contributed by atoms with E-state index in [1.54, 1.807) is 71.9 Å². The van der Waals surface area contributed by atoms with Crippen molar-refractivity contribution >= 4 is 17.7 Å². The van der Waals surface area contributed by atoms with Crippen molar-refractivity contribution < 1.29 is 29.0 Å². The molecule has 4 atom stereocenters. The fourth-order valence-electron chi connectivity index (χ4n) is 3.82. The molecule has 0 bridgehead atoms. The normalized spacial score (nSPS) is 28.0. The van der Waals surface area contributed by atoms with Crippen LogP contribution in [0.1, 0.15) is 66.4 Å². The average Bonchev–Trinajstić information content (AvgIpc) is 2.50. The lowest BCUT2D eigenvalue weighted by Crippen LogP contribution is -2.56. The van der Waals surface area contributed by atoms with Crippen molar-refractivity contribution in [3.05, 3.63) is 35.9 Å². The van der Waals surface area contributed by atoms with Gasteiger partial charge in [-0.25, -0.2) is 0 Å². The zero-order chi connectivity index (χ0) is 22.2. The minimum Gasteiger partial charge on any atom is -0.460 e. The lowest BCUT2D eigenvalue weighted by molar-refractivity contribution is -0.182. The zero-order valence-electron chi connectivity index (χ0n) is 18.3. The Balaban J connectivity index is 2.59. The van der Waals surface area contributed by atoms with Crippen LogP contribution in [0, 0.1) is 11.8 Å². The number of hydrogen-bond acceptors (Lipinski definition) is 6. The van der Waals surface area contributed by atoms with Gasteiger partial charge in [0, 0.05) is 12.3 Å². The van der Waals surface area contributed by atoms with E-state index < -0.39 is 52.3 Å². The molecule has 0 unspecified atom stereocenters. The van der Waals surface area contributed by atoms with Crippen molar-refractivity contribution in [1.29, 1.82) is 0 Å². The standard InChI is InChI=1S/C23H32O6/c1-21(2,3)28-19(25)17-15(24)13-23(7,27)18(20(26)29-22(4,5)6)16(17)14-11-9-8-10-12-14/h8-12,16-18,27H,13H2,1-7H3/t16-,17+,18+,23+/m1/s1. The summed E-state index contributed by atoms with van der Waals surface area (Å²) < 4.78 is 11.1. The van der Waals surface area contributed by atoms with Crippen LogP contribution in [0.15, 0.2) is 30.3 Å². The Morgan fingerprint density at radius 1 is 0.966 bits per heavy atom. The summed E-state index contributed by atoms with van der Waals surface area (Å²) in [6, 6.07) is 8.82. The van der Waals surface area contributed by atoms with Crippen LogP contribution in [-0.4, -0.2) is 39.6 Å². The molecule has 1 aliphatic carbocycles. The Morgan fingerprint density at radius 2 is 1.45 bits per heavy atom. The molecule has 0 aromatic heterocycles. The molecule has 160 valence electrons. The molecule has 0 heterocycles. The summed E-state index contributed by atoms with van der Waals surface area (Å²) in [7, 11) is 0. The van der Waals surface area contributed by atoms with Gasteiger partial charge < -0.3 is 14.6 Å². The van der Waals surface area contributed by atoms with Gasteiger partial charge in [-0.05, 0) is 54.0 Å². The molecule has 1 aromatic carbocycles. The largest absolute Gasteiger partial charge is 0.460 e. The van der Waals surface area contributed by atoms with Crippen LogP contribution >= 0.6 is 0 Å². The first-order valence-electron chi connectivity index (χ1n) is 9.88. The molecule has 1 N–H and O–H groups in total. The molecule has 0 radical (unpaired) electrons. The summed E-state index contributed by atoms with van der Waals surface area (Å²) in [5, 5.41) is 11.1. The van der Waals surface area contributed by atoms with Crippen LogP contribution < -0.4 is 0 Å². The first-order chi connectivity index (χ1) is 13.1. The van der Waals surface area contributed by atoms with E-state index in [1.807, 2.05) is 0 Å². The predicted octanol–water partition coefficient (Wildman–Crippen LogP) is 3.41. The molecule has 1 aliphatic rings. The molecule has 0 aliphatic heterocycles. The number of aliphatic hydroxyl groups is 1. The van der Waals surface area contributed by atoms with Gasteiger partial charge in [-0.15, -0.1) is 0 Å². The van der Waals surface area contributed by atoms with Crippen molar-refractivity contribution in [1.82, 2.24) is 0 Å². The fourth-order valence-corrected chi connectivity index (χ4v) is 3.82. The topological polar surface area (TPSA) is 89.9 Å². The highest BCUT2D eigenvalue weighted by Crippen LogP contribution is 2.47. The highest BCUT2D eigenvalue weighted by molar-refractivity contribution is 6.03. The number of carbonyl (C=O) groups is 3. The number of hydrogen-bond donors (Lipinski definition) is 1. The molecule has 6 nitrogen and oxygen atoms in total. The highest BCUT2D eigenvalue weighted by Gasteiger charge is 2.57. The second-order valence-electron chi connectivity index (χ2n) is 9.96. The van der Waals surface area contributed by atoms with Crippen molar-refractivity contribution in [2.45, 2.75) is 77.6 Å².